The number of amides is 1. The summed E-state index contributed by atoms with van der Waals surface area (Å²) in [5, 5.41) is 24.9. The summed E-state index contributed by atoms with van der Waals surface area (Å²) < 4.78 is 1.56. The minimum absolute atomic E-state index is 0.177. The van der Waals surface area contributed by atoms with Crippen molar-refractivity contribution in [1.82, 2.24) is 25.5 Å². The highest BCUT2D eigenvalue weighted by Gasteiger charge is 2.35. The van der Waals surface area contributed by atoms with Crippen molar-refractivity contribution < 1.29 is 4.79 Å². The van der Waals surface area contributed by atoms with Crippen LogP contribution < -0.4 is 5.32 Å². The molecule has 1 fully saturated rings. The first-order valence-corrected chi connectivity index (χ1v) is 9.73. The third-order valence-corrected chi connectivity index (χ3v) is 5.73. The molecule has 1 N–H and O–H groups in total. The molecule has 1 aliphatic rings. The number of thioether (sulfide) groups is 1. The summed E-state index contributed by atoms with van der Waals surface area (Å²) in [5.41, 5.74) is 0.0157. The number of benzene rings is 1. The van der Waals surface area contributed by atoms with Crippen molar-refractivity contribution in [2.24, 2.45) is 0 Å². The summed E-state index contributed by atoms with van der Waals surface area (Å²) in [7, 11) is 0. The van der Waals surface area contributed by atoms with Gasteiger partial charge in [0.25, 0.3) is 0 Å². The third kappa shape index (κ3) is 4.17. The molecule has 3 rings (SSSR count). The van der Waals surface area contributed by atoms with Gasteiger partial charge in [-0.15, -0.1) is 5.10 Å². The normalized spacial score (nSPS) is 17.3. The number of aromatic nitrogens is 4. The molecule has 136 valence electrons. The summed E-state index contributed by atoms with van der Waals surface area (Å²) in [4.78, 5) is 12.6. The maximum Gasteiger partial charge on any atom is 0.234 e. The van der Waals surface area contributed by atoms with E-state index < -0.39 is 10.8 Å². The van der Waals surface area contributed by atoms with Gasteiger partial charge >= 0.3 is 0 Å². The van der Waals surface area contributed by atoms with Crippen LogP contribution in [0.4, 0.5) is 0 Å². The summed E-state index contributed by atoms with van der Waals surface area (Å²) in [6, 6.07) is 9.42. The van der Waals surface area contributed by atoms with Crippen molar-refractivity contribution >= 4 is 29.3 Å². The van der Waals surface area contributed by atoms with Crippen molar-refractivity contribution in [3.05, 3.63) is 29.3 Å². The highest BCUT2D eigenvalue weighted by molar-refractivity contribution is 8.00. The van der Waals surface area contributed by atoms with E-state index >= 15 is 0 Å². The average molecular weight is 391 g/mol. The Hall–Kier alpha value is -2.11. The third-order valence-electron chi connectivity index (χ3n) is 4.45. The van der Waals surface area contributed by atoms with Gasteiger partial charge in [0.2, 0.25) is 11.1 Å². The Morgan fingerprint density at radius 2 is 2.04 bits per heavy atom. The Bertz CT molecular complexity index is 809. The van der Waals surface area contributed by atoms with E-state index in [4.69, 9.17) is 11.6 Å². The largest absolute Gasteiger partial charge is 0.337 e. The van der Waals surface area contributed by atoms with Gasteiger partial charge in [-0.25, -0.2) is 0 Å². The SMILES string of the molecule is C[C@H](Sc1nnnn1-c1ccc(Cl)cc1)C(=O)NC1(C#N)CCCCC1. The van der Waals surface area contributed by atoms with Crippen LogP contribution in [-0.4, -0.2) is 36.9 Å². The molecule has 1 aromatic heterocycles. The van der Waals surface area contributed by atoms with Gasteiger partial charge in [-0.05, 0) is 54.5 Å². The molecule has 0 saturated heterocycles. The molecule has 0 radical (unpaired) electrons. The number of nitrogens with zero attached hydrogens (tertiary/aromatic N) is 5. The molecule has 0 aliphatic heterocycles. The predicted molar refractivity (Wildman–Crippen MR) is 99.1 cm³/mol. The Balaban J connectivity index is 1.69. The van der Waals surface area contributed by atoms with Gasteiger partial charge < -0.3 is 5.32 Å². The van der Waals surface area contributed by atoms with Crippen LogP contribution in [0.25, 0.3) is 5.69 Å². The summed E-state index contributed by atoms with van der Waals surface area (Å²) in [6.07, 6.45) is 4.44. The smallest absolute Gasteiger partial charge is 0.234 e. The van der Waals surface area contributed by atoms with Crippen LogP contribution in [0, 0.1) is 11.3 Å². The van der Waals surface area contributed by atoms with E-state index in [2.05, 4.69) is 26.9 Å². The molecule has 1 heterocycles. The first-order chi connectivity index (χ1) is 12.5. The highest BCUT2D eigenvalue weighted by atomic mass is 35.5. The average Bonchev–Trinajstić information content (AvgIpc) is 3.11. The Labute approximate surface area is 161 Å². The fourth-order valence-corrected chi connectivity index (χ4v) is 3.90. The van der Waals surface area contributed by atoms with Gasteiger partial charge in [-0.3, -0.25) is 4.79 Å². The van der Waals surface area contributed by atoms with Crippen LogP contribution in [-0.2, 0) is 4.79 Å². The van der Waals surface area contributed by atoms with E-state index in [1.165, 1.54) is 11.8 Å². The second kappa shape index (κ2) is 8.06. The number of nitrogens with one attached hydrogen (secondary N) is 1. The van der Waals surface area contributed by atoms with Gasteiger partial charge in [-0.1, -0.05) is 42.6 Å². The van der Waals surface area contributed by atoms with Gasteiger partial charge in [0.15, 0.2) is 0 Å². The lowest BCUT2D eigenvalue weighted by molar-refractivity contribution is -0.121. The number of hydrogen-bond acceptors (Lipinski definition) is 6. The molecule has 0 bridgehead atoms. The van der Waals surface area contributed by atoms with Gasteiger partial charge in [0.1, 0.15) is 5.54 Å². The second-order valence-corrected chi connectivity index (χ2v) is 8.10. The molecule has 2 aromatic rings. The number of tetrazole rings is 1. The van der Waals surface area contributed by atoms with E-state index in [1.807, 2.05) is 0 Å². The molecular weight excluding hydrogens is 372 g/mol. The maximum absolute atomic E-state index is 12.6. The molecule has 1 aromatic carbocycles. The molecule has 1 saturated carbocycles. The highest BCUT2D eigenvalue weighted by Crippen LogP contribution is 2.29. The lowest BCUT2D eigenvalue weighted by atomic mass is 9.83. The number of halogens is 1. The zero-order valence-electron chi connectivity index (χ0n) is 14.4. The Kier molecular flexibility index (Phi) is 5.79. The number of nitriles is 1. The topological polar surface area (TPSA) is 96.5 Å². The lowest BCUT2D eigenvalue weighted by Crippen LogP contribution is -2.50. The molecule has 0 unspecified atom stereocenters. The first kappa shape index (κ1) is 18.7. The number of rotatable bonds is 5. The summed E-state index contributed by atoms with van der Waals surface area (Å²) in [6.45, 7) is 1.79. The molecule has 1 atom stereocenters. The van der Waals surface area contributed by atoms with Crippen molar-refractivity contribution in [2.45, 2.75) is 55.0 Å². The molecular formula is C17H19ClN6OS. The van der Waals surface area contributed by atoms with Crippen LogP contribution >= 0.6 is 23.4 Å². The Morgan fingerprint density at radius 3 is 2.69 bits per heavy atom. The van der Waals surface area contributed by atoms with E-state index in [9.17, 15) is 10.1 Å². The van der Waals surface area contributed by atoms with E-state index in [0.717, 1.165) is 24.9 Å². The number of carbonyl (C=O) groups excluding carboxylic acids is 1. The van der Waals surface area contributed by atoms with Gasteiger partial charge in [0.05, 0.1) is 17.0 Å². The molecule has 1 aliphatic carbocycles. The standard InChI is InChI=1S/C17H19ClN6OS/c1-12(15(25)20-17(11-19)9-3-2-4-10-17)26-16-21-22-23-24(16)14-7-5-13(18)6-8-14/h5-8,12H,2-4,9-10H2,1H3,(H,20,25)/t12-/m0/s1. The molecule has 26 heavy (non-hydrogen) atoms. The van der Waals surface area contributed by atoms with Crippen molar-refractivity contribution in [3.8, 4) is 11.8 Å². The van der Waals surface area contributed by atoms with Crippen molar-refractivity contribution in [2.75, 3.05) is 0 Å². The van der Waals surface area contributed by atoms with Crippen LogP contribution in [0.15, 0.2) is 29.4 Å². The monoisotopic (exact) mass is 390 g/mol. The number of carbonyl (C=O) groups is 1. The zero-order chi connectivity index (χ0) is 18.6. The Morgan fingerprint density at radius 1 is 1.35 bits per heavy atom. The fraction of sp³-hybridized carbons (Fsp3) is 0.471. The summed E-state index contributed by atoms with van der Waals surface area (Å²) in [5.74, 6) is -0.177. The molecule has 7 nitrogen and oxygen atoms in total. The summed E-state index contributed by atoms with van der Waals surface area (Å²) >= 11 is 7.17. The van der Waals surface area contributed by atoms with Crippen molar-refractivity contribution in [3.63, 3.8) is 0 Å². The quantitative estimate of drug-likeness (QED) is 0.788. The molecule has 1 amide bonds. The molecule has 9 heteroatoms. The molecule has 0 spiro atoms. The van der Waals surface area contributed by atoms with Crippen molar-refractivity contribution in [1.29, 1.82) is 5.26 Å². The maximum atomic E-state index is 12.6. The van der Waals surface area contributed by atoms with E-state index in [1.54, 1.807) is 35.9 Å². The number of hydrogen-bond donors (Lipinski definition) is 1. The lowest BCUT2D eigenvalue weighted by Gasteiger charge is -2.32. The zero-order valence-corrected chi connectivity index (χ0v) is 15.9. The predicted octanol–water partition coefficient (Wildman–Crippen LogP) is 3.14. The van der Waals surface area contributed by atoms with Crippen LogP contribution in [0.1, 0.15) is 39.0 Å². The first-order valence-electron chi connectivity index (χ1n) is 8.47. The van der Waals surface area contributed by atoms with Gasteiger partial charge in [-0.2, -0.15) is 9.94 Å². The van der Waals surface area contributed by atoms with Gasteiger partial charge in [0, 0.05) is 5.02 Å². The van der Waals surface area contributed by atoms with Crippen LogP contribution in [0.2, 0.25) is 5.02 Å². The fourth-order valence-electron chi connectivity index (χ4n) is 2.97. The van der Waals surface area contributed by atoms with E-state index in [0.29, 0.717) is 23.0 Å². The minimum atomic E-state index is -0.744. The van der Waals surface area contributed by atoms with Crippen LogP contribution in [0.3, 0.4) is 0 Å². The minimum Gasteiger partial charge on any atom is -0.337 e. The van der Waals surface area contributed by atoms with E-state index in [-0.39, 0.29) is 5.91 Å². The van der Waals surface area contributed by atoms with Crippen LogP contribution in [0.5, 0.6) is 0 Å². The second-order valence-electron chi connectivity index (χ2n) is 6.35.